The fourth-order valence-electron chi connectivity index (χ4n) is 2.89. The highest BCUT2D eigenvalue weighted by molar-refractivity contribution is 6.32. The SMILES string of the molecule is Fc1ccc2c(ccn2-c2cc(Cl)c3c(c2)CNCCO3)c1F. The van der Waals surface area contributed by atoms with Gasteiger partial charge >= 0.3 is 0 Å². The second-order valence-electron chi connectivity index (χ2n) is 5.42. The lowest BCUT2D eigenvalue weighted by atomic mass is 10.1. The number of ether oxygens (including phenoxy) is 1. The van der Waals surface area contributed by atoms with Crippen LogP contribution in [0.15, 0.2) is 36.5 Å². The van der Waals surface area contributed by atoms with Gasteiger partial charge in [-0.05, 0) is 30.3 Å². The number of halogens is 3. The fraction of sp³-hybridized carbons (Fsp3) is 0.176. The van der Waals surface area contributed by atoms with E-state index in [9.17, 15) is 8.78 Å². The normalized spacial score (nSPS) is 14.4. The summed E-state index contributed by atoms with van der Waals surface area (Å²) in [7, 11) is 0. The Kier molecular flexibility index (Phi) is 3.47. The second-order valence-corrected chi connectivity index (χ2v) is 5.83. The molecule has 1 aliphatic heterocycles. The number of rotatable bonds is 1. The molecule has 0 fully saturated rings. The first-order valence-electron chi connectivity index (χ1n) is 7.26. The summed E-state index contributed by atoms with van der Waals surface area (Å²) in [6, 6.07) is 7.96. The highest BCUT2D eigenvalue weighted by Crippen LogP contribution is 2.34. The zero-order valence-corrected chi connectivity index (χ0v) is 12.8. The molecule has 0 aliphatic carbocycles. The van der Waals surface area contributed by atoms with Crippen LogP contribution in [0.4, 0.5) is 8.78 Å². The van der Waals surface area contributed by atoms with Gasteiger partial charge in [-0.2, -0.15) is 0 Å². The Balaban J connectivity index is 1.90. The first-order valence-corrected chi connectivity index (χ1v) is 7.64. The minimum absolute atomic E-state index is 0.241. The van der Waals surface area contributed by atoms with Gasteiger partial charge < -0.3 is 14.6 Å². The molecule has 4 rings (SSSR count). The number of nitrogens with one attached hydrogen (secondary N) is 1. The molecule has 1 aromatic heterocycles. The Hall–Kier alpha value is -2.11. The number of hydrogen-bond donors (Lipinski definition) is 1. The Morgan fingerprint density at radius 3 is 2.91 bits per heavy atom. The number of benzene rings is 2. The molecule has 0 saturated carbocycles. The molecule has 0 saturated heterocycles. The average Bonchev–Trinajstić information content (AvgIpc) is 2.82. The molecule has 0 bridgehead atoms. The van der Waals surface area contributed by atoms with Crippen molar-refractivity contribution < 1.29 is 13.5 Å². The predicted molar refractivity (Wildman–Crippen MR) is 85.4 cm³/mol. The Morgan fingerprint density at radius 2 is 2.04 bits per heavy atom. The van der Waals surface area contributed by atoms with Crippen LogP contribution in [0.2, 0.25) is 5.02 Å². The van der Waals surface area contributed by atoms with Crippen molar-refractivity contribution in [3.8, 4) is 11.4 Å². The molecule has 0 radical (unpaired) electrons. The van der Waals surface area contributed by atoms with E-state index in [2.05, 4.69) is 5.32 Å². The Labute approximate surface area is 136 Å². The van der Waals surface area contributed by atoms with Crippen molar-refractivity contribution in [3.63, 3.8) is 0 Å². The van der Waals surface area contributed by atoms with Crippen molar-refractivity contribution in [2.24, 2.45) is 0 Å². The van der Waals surface area contributed by atoms with Crippen molar-refractivity contribution in [2.75, 3.05) is 13.2 Å². The summed E-state index contributed by atoms with van der Waals surface area (Å²) in [5, 5.41) is 4.00. The van der Waals surface area contributed by atoms with Gasteiger partial charge in [0, 0.05) is 35.9 Å². The van der Waals surface area contributed by atoms with Crippen LogP contribution < -0.4 is 10.1 Å². The van der Waals surface area contributed by atoms with Crippen LogP contribution in [-0.4, -0.2) is 17.7 Å². The van der Waals surface area contributed by atoms with E-state index in [0.717, 1.165) is 23.9 Å². The number of fused-ring (bicyclic) bond motifs is 2. The van der Waals surface area contributed by atoms with Gasteiger partial charge in [0.15, 0.2) is 11.6 Å². The van der Waals surface area contributed by atoms with Crippen molar-refractivity contribution >= 4 is 22.5 Å². The van der Waals surface area contributed by atoms with Gasteiger partial charge in [-0.1, -0.05) is 11.6 Å². The average molecular weight is 335 g/mol. The quantitative estimate of drug-likeness (QED) is 0.727. The highest BCUT2D eigenvalue weighted by Gasteiger charge is 2.16. The molecule has 0 amide bonds. The number of aromatic nitrogens is 1. The van der Waals surface area contributed by atoms with Crippen LogP contribution in [0, 0.1) is 11.6 Å². The maximum absolute atomic E-state index is 13.9. The second kappa shape index (κ2) is 5.51. The number of nitrogens with zero attached hydrogens (tertiary/aromatic N) is 1. The summed E-state index contributed by atoms with van der Waals surface area (Å²) < 4.78 is 34.7. The van der Waals surface area contributed by atoms with Gasteiger partial charge in [0.1, 0.15) is 12.4 Å². The van der Waals surface area contributed by atoms with E-state index in [1.165, 1.54) is 0 Å². The molecule has 0 spiro atoms. The molecule has 6 heteroatoms. The largest absolute Gasteiger partial charge is 0.490 e. The molecular weight excluding hydrogens is 322 g/mol. The van der Waals surface area contributed by atoms with Crippen molar-refractivity contribution in [3.05, 3.63) is 58.7 Å². The first-order chi connectivity index (χ1) is 11.1. The molecule has 1 N–H and O–H groups in total. The van der Waals surface area contributed by atoms with Crippen LogP contribution in [0.3, 0.4) is 0 Å². The molecule has 1 aliphatic rings. The maximum atomic E-state index is 13.9. The van der Waals surface area contributed by atoms with Crippen LogP contribution in [0.5, 0.6) is 5.75 Å². The van der Waals surface area contributed by atoms with Crippen molar-refractivity contribution in [1.82, 2.24) is 9.88 Å². The lowest BCUT2D eigenvalue weighted by molar-refractivity contribution is 0.326. The zero-order chi connectivity index (χ0) is 16.0. The predicted octanol–water partition coefficient (Wildman–Crippen LogP) is 4.04. The third-order valence-corrected chi connectivity index (χ3v) is 4.26. The van der Waals surface area contributed by atoms with E-state index >= 15 is 0 Å². The van der Waals surface area contributed by atoms with Gasteiger partial charge in [-0.3, -0.25) is 0 Å². The van der Waals surface area contributed by atoms with E-state index in [0.29, 0.717) is 29.4 Å². The monoisotopic (exact) mass is 334 g/mol. The fourth-order valence-corrected chi connectivity index (χ4v) is 3.18. The smallest absolute Gasteiger partial charge is 0.168 e. The molecule has 0 unspecified atom stereocenters. The van der Waals surface area contributed by atoms with Crippen LogP contribution >= 0.6 is 11.6 Å². The molecule has 3 aromatic rings. The van der Waals surface area contributed by atoms with E-state index in [-0.39, 0.29) is 5.39 Å². The molecule has 2 heterocycles. The molecule has 3 nitrogen and oxygen atoms in total. The van der Waals surface area contributed by atoms with Gasteiger partial charge in [0.2, 0.25) is 0 Å². The van der Waals surface area contributed by atoms with E-state index < -0.39 is 11.6 Å². The van der Waals surface area contributed by atoms with Gasteiger partial charge in [-0.25, -0.2) is 8.78 Å². The van der Waals surface area contributed by atoms with E-state index in [4.69, 9.17) is 16.3 Å². The van der Waals surface area contributed by atoms with Gasteiger partial charge in [0.25, 0.3) is 0 Å². The van der Waals surface area contributed by atoms with Crippen molar-refractivity contribution in [1.29, 1.82) is 0 Å². The van der Waals surface area contributed by atoms with Crippen molar-refractivity contribution in [2.45, 2.75) is 6.54 Å². The topological polar surface area (TPSA) is 26.2 Å². The van der Waals surface area contributed by atoms with E-state index in [1.54, 1.807) is 29.0 Å². The van der Waals surface area contributed by atoms with Crippen LogP contribution in [0.25, 0.3) is 16.6 Å². The lowest BCUT2D eigenvalue weighted by Crippen LogP contribution is -2.16. The minimum Gasteiger partial charge on any atom is -0.490 e. The summed E-state index contributed by atoms with van der Waals surface area (Å²) in [5.74, 6) is -1.02. The first kappa shape index (κ1) is 14.5. The maximum Gasteiger partial charge on any atom is 0.168 e. The van der Waals surface area contributed by atoms with Gasteiger partial charge in [0.05, 0.1) is 10.5 Å². The third-order valence-electron chi connectivity index (χ3n) is 3.98. The van der Waals surface area contributed by atoms with E-state index in [1.807, 2.05) is 6.07 Å². The standard InChI is InChI=1S/C17H13ClF2N2O/c18-13-8-11(7-10-9-21-4-6-23-17(10)13)22-5-3-12-15(22)2-1-14(19)16(12)20/h1-3,5,7-8,21H,4,6,9H2. The minimum atomic E-state index is -0.854. The number of hydrogen-bond acceptors (Lipinski definition) is 2. The lowest BCUT2D eigenvalue weighted by Gasteiger charge is -2.13. The summed E-state index contributed by atoms with van der Waals surface area (Å²) >= 11 is 6.34. The highest BCUT2D eigenvalue weighted by atomic mass is 35.5. The summed E-state index contributed by atoms with van der Waals surface area (Å²) in [5.41, 5.74) is 2.30. The molecule has 2 aromatic carbocycles. The molecule has 0 atom stereocenters. The van der Waals surface area contributed by atoms with Gasteiger partial charge in [-0.15, -0.1) is 0 Å². The molecule has 118 valence electrons. The van der Waals surface area contributed by atoms with Crippen LogP contribution in [0.1, 0.15) is 5.56 Å². The Bertz CT molecular complexity index is 907. The molecule has 23 heavy (non-hydrogen) atoms. The summed E-state index contributed by atoms with van der Waals surface area (Å²) in [4.78, 5) is 0. The third kappa shape index (κ3) is 2.36. The molecular formula is C17H13ClF2N2O. The summed E-state index contributed by atoms with van der Waals surface area (Å²) in [6.45, 7) is 1.95. The Morgan fingerprint density at radius 1 is 1.17 bits per heavy atom. The zero-order valence-electron chi connectivity index (χ0n) is 12.1. The summed E-state index contributed by atoms with van der Waals surface area (Å²) in [6.07, 6.45) is 1.70. The van der Waals surface area contributed by atoms with Crippen LogP contribution in [-0.2, 0) is 6.54 Å².